The quantitative estimate of drug-likeness (QED) is 0.559. The molecule has 0 unspecified atom stereocenters. The Morgan fingerprint density at radius 1 is 1.07 bits per heavy atom. The molecule has 0 aromatic carbocycles. The van der Waals surface area contributed by atoms with Gasteiger partial charge in [-0.25, -0.2) is 0 Å². The summed E-state index contributed by atoms with van der Waals surface area (Å²) in [7, 11) is 0. The van der Waals surface area contributed by atoms with E-state index in [2.05, 4.69) is 51.7 Å². The topological polar surface area (TPSA) is 0 Å². The highest BCUT2D eigenvalue weighted by atomic mass is 14.4. The van der Waals surface area contributed by atoms with E-state index in [1.165, 1.54) is 12.0 Å². The largest absolute Gasteiger partial charge is 0.0995 e. The first-order valence-electron chi connectivity index (χ1n) is 6.11. The lowest BCUT2D eigenvalue weighted by atomic mass is 9.78. The van der Waals surface area contributed by atoms with Gasteiger partial charge in [0.1, 0.15) is 0 Å². The first-order valence-corrected chi connectivity index (χ1v) is 6.11. The van der Waals surface area contributed by atoms with Crippen LogP contribution in [0.4, 0.5) is 0 Å². The standard InChI is InChI=1S/C15H22/c1-10(2)13-7-5-11(3)14-8-6-12(4)15(14)9-13/h5-8,11-15H,1,9H2,2-4H3/t11-,12+,13-,14-,15+/m1/s1. The molecule has 0 fully saturated rings. The zero-order chi connectivity index (χ0) is 11.0. The van der Waals surface area contributed by atoms with Crippen molar-refractivity contribution in [2.75, 3.05) is 0 Å². The third-order valence-corrected chi connectivity index (χ3v) is 4.22. The summed E-state index contributed by atoms with van der Waals surface area (Å²) in [5.74, 6) is 3.64. The fourth-order valence-electron chi connectivity index (χ4n) is 3.05. The van der Waals surface area contributed by atoms with Crippen LogP contribution in [0.3, 0.4) is 0 Å². The minimum atomic E-state index is 0.602. The molecule has 0 heterocycles. The van der Waals surface area contributed by atoms with Crippen LogP contribution in [0, 0.1) is 29.6 Å². The van der Waals surface area contributed by atoms with Crippen LogP contribution in [-0.4, -0.2) is 0 Å². The lowest BCUT2D eigenvalue weighted by Gasteiger charge is -2.26. The summed E-state index contributed by atoms with van der Waals surface area (Å²) < 4.78 is 0. The summed E-state index contributed by atoms with van der Waals surface area (Å²) in [5.41, 5.74) is 1.32. The average Bonchev–Trinajstić information content (AvgIpc) is 2.43. The van der Waals surface area contributed by atoms with Gasteiger partial charge in [-0.3, -0.25) is 0 Å². The second-order valence-corrected chi connectivity index (χ2v) is 5.42. The highest BCUT2D eigenvalue weighted by Crippen LogP contribution is 2.43. The van der Waals surface area contributed by atoms with E-state index in [1.807, 2.05) is 0 Å². The molecule has 0 nitrogen and oxygen atoms in total. The van der Waals surface area contributed by atoms with Crippen molar-refractivity contribution in [3.05, 3.63) is 36.5 Å². The molecule has 0 saturated heterocycles. The van der Waals surface area contributed by atoms with Crippen LogP contribution >= 0.6 is 0 Å². The van der Waals surface area contributed by atoms with Crippen LogP contribution in [0.1, 0.15) is 27.2 Å². The van der Waals surface area contributed by atoms with E-state index in [1.54, 1.807) is 0 Å². The molecule has 0 aromatic rings. The lowest BCUT2D eigenvalue weighted by Crippen LogP contribution is -2.19. The molecule has 0 saturated carbocycles. The molecule has 15 heavy (non-hydrogen) atoms. The molecule has 2 rings (SSSR count). The zero-order valence-corrected chi connectivity index (χ0v) is 10.1. The van der Waals surface area contributed by atoms with E-state index in [4.69, 9.17) is 0 Å². The molecule has 0 N–H and O–H groups in total. The Bertz CT molecular complexity index is 308. The molecular weight excluding hydrogens is 180 g/mol. The maximum Gasteiger partial charge on any atom is -0.00256 e. The van der Waals surface area contributed by atoms with Crippen LogP contribution in [0.2, 0.25) is 0 Å². The van der Waals surface area contributed by atoms with Crippen LogP contribution in [0.5, 0.6) is 0 Å². The Kier molecular flexibility index (Phi) is 2.86. The third-order valence-electron chi connectivity index (χ3n) is 4.22. The predicted octanol–water partition coefficient (Wildman–Crippen LogP) is 4.21. The van der Waals surface area contributed by atoms with Crippen molar-refractivity contribution < 1.29 is 0 Å². The van der Waals surface area contributed by atoms with Crippen molar-refractivity contribution in [2.24, 2.45) is 29.6 Å². The minimum Gasteiger partial charge on any atom is -0.0995 e. The highest BCUT2D eigenvalue weighted by Gasteiger charge is 2.34. The van der Waals surface area contributed by atoms with E-state index in [9.17, 15) is 0 Å². The lowest BCUT2D eigenvalue weighted by molar-refractivity contribution is 0.279. The predicted molar refractivity (Wildman–Crippen MR) is 66.5 cm³/mol. The molecular formula is C15H22. The van der Waals surface area contributed by atoms with Crippen molar-refractivity contribution in [3.63, 3.8) is 0 Å². The van der Waals surface area contributed by atoms with Gasteiger partial charge in [-0.2, -0.15) is 0 Å². The molecule has 0 heteroatoms. The maximum absolute atomic E-state index is 4.11. The van der Waals surface area contributed by atoms with Crippen LogP contribution < -0.4 is 0 Å². The molecule has 5 atom stereocenters. The van der Waals surface area contributed by atoms with Crippen LogP contribution in [0.25, 0.3) is 0 Å². The Balaban J connectivity index is 2.22. The second kappa shape index (κ2) is 4.00. The SMILES string of the molecule is C=C(C)[C@@H]1C=C[C@@H](C)[C@H]2C=C[C@H](C)[C@@H]2C1. The third kappa shape index (κ3) is 1.95. The molecule has 2 aliphatic rings. The zero-order valence-electron chi connectivity index (χ0n) is 10.1. The minimum absolute atomic E-state index is 0.602. The second-order valence-electron chi connectivity index (χ2n) is 5.42. The van der Waals surface area contributed by atoms with Crippen molar-refractivity contribution in [1.82, 2.24) is 0 Å². The van der Waals surface area contributed by atoms with Gasteiger partial charge in [0.05, 0.1) is 0 Å². The summed E-state index contributed by atoms with van der Waals surface area (Å²) >= 11 is 0. The van der Waals surface area contributed by atoms with Gasteiger partial charge < -0.3 is 0 Å². The fourth-order valence-corrected chi connectivity index (χ4v) is 3.05. The van der Waals surface area contributed by atoms with Crippen LogP contribution in [0.15, 0.2) is 36.5 Å². The monoisotopic (exact) mass is 202 g/mol. The smallest absolute Gasteiger partial charge is 0.00256 e. The van der Waals surface area contributed by atoms with Gasteiger partial charge in [0.2, 0.25) is 0 Å². The van der Waals surface area contributed by atoms with Crippen molar-refractivity contribution in [2.45, 2.75) is 27.2 Å². The van der Waals surface area contributed by atoms with Gasteiger partial charge in [-0.15, -0.1) is 0 Å². The van der Waals surface area contributed by atoms with E-state index >= 15 is 0 Å². The maximum atomic E-state index is 4.11. The average molecular weight is 202 g/mol. The molecule has 0 aromatic heterocycles. The molecule has 0 bridgehead atoms. The van der Waals surface area contributed by atoms with Crippen LogP contribution in [-0.2, 0) is 0 Å². The summed E-state index contributed by atoms with van der Waals surface area (Å²) in [6, 6.07) is 0. The summed E-state index contributed by atoms with van der Waals surface area (Å²) in [4.78, 5) is 0. The number of hydrogen-bond donors (Lipinski definition) is 0. The van der Waals surface area contributed by atoms with E-state index in [0.717, 1.165) is 17.8 Å². The summed E-state index contributed by atoms with van der Waals surface area (Å²) in [6.45, 7) is 11.0. The molecule has 0 aliphatic heterocycles. The first kappa shape index (κ1) is 10.7. The normalized spacial score (nSPS) is 43.8. The Morgan fingerprint density at radius 2 is 1.73 bits per heavy atom. The summed E-state index contributed by atoms with van der Waals surface area (Å²) in [5, 5.41) is 0. The van der Waals surface area contributed by atoms with E-state index in [0.29, 0.717) is 11.8 Å². The molecule has 0 amide bonds. The van der Waals surface area contributed by atoms with Gasteiger partial charge >= 0.3 is 0 Å². The Labute approximate surface area is 93.8 Å². The van der Waals surface area contributed by atoms with Gasteiger partial charge in [0.25, 0.3) is 0 Å². The fraction of sp³-hybridized carbons (Fsp3) is 0.600. The van der Waals surface area contributed by atoms with Gasteiger partial charge in [-0.05, 0) is 42.9 Å². The Hall–Kier alpha value is -0.780. The Morgan fingerprint density at radius 3 is 2.40 bits per heavy atom. The molecule has 0 spiro atoms. The number of hydrogen-bond acceptors (Lipinski definition) is 0. The number of rotatable bonds is 1. The number of allylic oxidation sites excluding steroid dienone is 5. The van der Waals surface area contributed by atoms with Crippen molar-refractivity contribution in [1.29, 1.82) is 0 Å². The van der Waals surface area contributed by atoms with E-state index < -0.39 is 0 Å². The number of fused-ring (bicyclic) bond motifs is 1. The van der Waals surface area contributed by atoms with Crippen molar-refractivity contribution >= 4 is 0 Å². The van der Waals surface area contributed by atoms with Gasteiger partial charge in [0, 0.05) is 0 Å². The first-order chi connectivity index (χ1) is 7.09. The van der Waals surface area contributed by atoms with E-state index in [-0.39, 0.29) is 0 Å². The van der Waals surface area contributed by atoms with Crippen molar-refractivity contribution in [3.8, 4) is 0 Å². The molecule has 82 valence electrons. The summed E-state index contributed by atoms with van der Waals surface area (Å²) in [6.07, 6.45) is 10.9. The molecule has 2 aliphatic carbocycles. The molecule has 0 radical (unpaired) electrons. The van der Waals surface area contributed by atoms with Gasteiger partial charge in [0.15, 0.2) is 0 Å². The van der Waals surface area contributed by atoms with Gasteiger partial charge in [-0.1, -0.05) is 50.3 Å². The highest BCUT2D eigenvalue weighted by molar-refractivity contribution is 5.17.